The minimum Gasteiger partial charge on any atom is -0.494 e. The van der Waals surface area contributed by atoms with Crippen molar-refractivity contribution in [2.75, 3.05) is 50.9 Å². The van der Waals surface area contributed by atoms with E-state index in [1.54, 1.807) is 4.90 Å². The minimum absolute atomic E-state index is 0.153. The quantitative estimate of drug-likeness (QED) is 0.509. The zero-order chi connectivity index (χ0) is 23.5. The lowest BCUT2D eigenvalue weighted by atomic mass is 10.1. The van der Waals surface area contributed by atoms with Gasteiger partial charge in [0.15, 0.2) is 16.6 Å². The molecule has 0 saturated carbocycles. The molecule has 180 valence electrons. The second-order valence-electron chi connectivity index (χ2n) is 8.31. The Kier molecular flexibility index (Phi) is 6.85. The van der Waals surface area contributed by atoms with E-state index in [9.17, 15) is 4.79 Å². The van der Waals surface area contributed by atoms with Crippen LogP contribution in [0.25, 0.3) is 10.2 Å². The van der Waals surface area contributed by atoms with Crippen LogP contribution in [0.1, 0.15) is 13.8 Å². The maximum atomic E-state index is 13.9. The molecule has 2 aromatic carbocycles. The normalized spacial score (nSPS) is 20.3. The maximum absolute atomic E-state index is 13.9. The maximum Gasteiger partial charge on any atom is 0.273 e. The molecule has 0 radical (unpaired) electrons. The lowest BCUT2D eigenvalue weighted by Crippen LogP contribution is -2.52. The average Bonchev–Trinajstić information content (AvgIpc) is 3.27. The highest BCUT2D eigenvalue weighted by atomic mass is 32.1. The van der Waals surface area contributed by atoms with Gasteiger partial charge in [-0.25, -0.2) is 4.98 Å². The van der Waals surface area contributed by atoms with Crippen LogP contribution < -0.4 is 19.1 Å². The van der Waals surface area contributed by atoms with Crippen LogP contribution in [0.15, 0.2) is 42.5 Å². The van der Waals surface area contributed by atoms with Gasteiger partial charge in [0, 0.05) is 26.2 Å². The fourth-order valence-electron chi connectivity index (χ4n) is 4.18. The Morgan fingerprint density at radius 2 is 1.94 bits per heavy atom. The molecule has 1 aromatic heterocycles. The first-order chi connectivity index (χ1) is 16.6. The summed E-state index contributed by atoms with van der Waals surface area (Å²) in [7, 11) is 0. The van der Waals surface area contributed by atoms with E-state index >= 15 is 0 Å². The Morgan fingerprint density at radius 3 is 2.71 bits per heavy atom. The summed E-state index contributed by atoms with van der Waals surface area (Å²) >= 11 is 1.49. The third kappa shape index (κ3) is 4.82. The molecule has 3 heterocycles. The number of benzene rings is 2. The van der Waals surface area contributed by atoms with E-state index in [4.69, 9.17) is 23.9 Å². The van der Waals surface area contributed by atoms with Crippen molar-refractivity contribution in [1.82, 2.24) is 9.88 Å². The zero-order valence-electron chi connectivity index (χ0n) is 19.4. The van der Waals surface area contributed by atoms with E-state index in [0.717, 1.165) is 35.6 Å². The zero-order valence-corrected chi connectivity index (χ0v) is 20.3. The third-order valence-corrected chi connectivity index (χ3v) is 7.03. The predicted octanol–water partition coefficient (Wildman–Crippen LogP) is 3.59. The number of nitrogens with zero attached hydrogens (tertiary/aromatic N) is 3. The number of anilines is 1. The first-order valence-electron chi connectivity index (χ1n) is 11.7. The van der Waals surface area contributed by atoms with Gasteiger partial charge in [-0.05, 0) is 44.2 Å². The summed E-state index contributed by atoms with van der Waals surface area (Å²) in [6, 6.07) is 13.3. The van der Waals surface area contributed by atoms with Crippen molar-refractivity contribution in [2.45, 2.75) is 26.1 Å². The number of hydrogen-bond acceptors (Lipinski definition) is 8. The number of amides is 1. The standard InChI is InChI=1S/C25H29N3O5S/c1-3-31-18-8-9-19-22(16-18)34-25(26-19)28(11-10-27-12-14-30-15-13-27)24(29)23-17(2)32-20-6-4-5-7-21(20)33-23/h4-9,16-17,23H,3,10-15H2,1-2H3. The molecule has 34 heavy (non-hydrogen) atoms. The van der Waals surface area contributed by atoms with Crippen LogP contribution in [0.2, 0.25) is 0 Å². The molecule has 2 unspecified atom stereocenters. The number of aromatic nitrogens is 1. The van der Waals surface area contributed by atoms with Crippen molar-refractivity contribution in [3.63, 3.8) is 0 Å². The number of rotatable bonds is 7. The summed E-state index contributed by atoms with van der Waals surface area (Å²) in [6.07, 6.45) is -1.18. The van der Waals surface area contributed by atoms with Crippen molar-refractivity contribution in [3.8, 4) is 17.2 Å². The number of ether oxygens (including phenoxy) is 4. The summed E-state index contributed by atoms with van der Waals surface area (Å²) in [6.45, 7) is 8.79. The minimum atomic E-state index is -0.759. The lowest BCUT2D eigenvalue weighted by Gasteiger charge is -2.34. The summed E-state index contributed by atoms with van der Waals surface area (Å²) in [5, 5.41) is 0.650. The number of carbonyl (C=O) groups is 1. The fourth-order valence-corrected chi connectivity index (χ4v) is 5.20. The van der Waals surface area contributed by atoms with Gasteiger partial charge >= 0.3 is 0 Å². The smallest absolute Gasteiger partial charge is 0.273 e. The van der Waals surface area contributed by atoms with Gasteiger partial charge in [-0.2, -0.15) is 0 Å². The number of para-hydroxylation sites is 2. The molecule has 1 saturated heterocycles. The van der Waals surface area contributed by atoms with Crippen molar-refractivity contribution < 1.29 is 23.7 Å². The number of carbonyl (C=O) groups excluding carboxylic acids is 1. The van der Waals surface area contributed by atoms with E-state index in [2.05, 4.69) is 4.90 Å². The predicted molar refractivity (Wildman–Crippen MR) is 131 cm³/mol. The number of thiazole rings is 1. The first kappa shape index (κ1) is 22.9. The summed E-state index contributed by atoms with van der Waals surface area (Å²) in [4.78, 5) is 22.7. The summed E-state index contributed by atoms with van der Waals surface area (Å²) in [5.74, 6) is 1.88. The van der Waals surface area contributed by atoms with E-state index in [0.29, 0.717) is 43.0 Å². The van der Waals surface area contributed by atoms with Gasteiger partial charge < -0.3 is 18.9 Å². The largest absolute Gasteiger partial charge is 0.494 e. The van der Waals surface area contributed by atoms with Gasteiger partial charge in [0.25, 0.3) is 5.91 Å². The van der Waals surface area contributed by atoms with Gasteiger partial charge in [0.05, 0.1) is 30.0 Å². The molecule has 0 bridgehead atoms. The Morgan fingerprint density at radius 1 is 1.18 bits per heavy atom. The molecule has 9 heteroatoms. The van der Waals surface area contributed by atoms with Crippen molar-refractivity contribution in [1.29, 1.82) is 0 Å². The van der Waals surface area contributed by atoms with Gasteiger partial charge in [-0.15, -0.1) is 0 Å². The average molecular weight is 484 g/mol. The van der Waals surface area contributed by atoms with Crippen LogP contribution in [0, 0.1) is 0 Å². The Labute approximate surface area is 203 Å². The second-order valence-corrected chi connectivity index (χ2v) is 9.32. The Balaban J connectivity index is 1.43. The van der Waals surface area contributed by atoms with Gasteiger partial charge in [-0.3, -0.25) is 14.6 Å². The Bertz CT molecular complexity index is 1150. The van der Waals surface area contributed by atoms with Gasteiger partial charge in [0.2, 0.25) is 6.10 Å². The van der Waals surface area contributed by atoms with E-state index in [1.165, 1.54) is 11.3 Å². The summed E-state index contributed by atoms with van der Waals surface area (Å²) < 4.78 is 24.2. The lowest BCUT2D eigenvalue weighted by molar-refractivity contribution is -0.130. The van der Waals surface area contributed by atoms with E-state index in [-0.39, 0.29) is 5.91 Å². The highest BCUT2D eigenvalue weighted by Gasteiger charge is 2.38. The van der Waals surface area contributed by atoms with Crippen LogP contribution in [-0.4, -0.2) is 74.0 Å². The molecule has 0 aliphatic carbocycles. The third-order valence-electron chi connectivity index (χ3n) is 5.99. The van der Waals surface area contributed by atoms with Crippen LogP contribution in [0.5, 0.6) is 17.2 Å². The SMILES string of the molecule is CCOc1ccc2nc(N(CCN3CCOCC3)C(=O)C3Oc4ccccc4OC3C)sc2c1. The Hall–Kier alpha value is -2.88. The second kappa shape index (κ2) is 10.2. The van der Waals surface area contributed by atoms with Crippen LogP contribution in [0.3, 0.4) is 0 Å². The van der Waals surface area contributed by atoms with E-state index < -0.39 is 12.2 Å². The molecular weight excluding hydrogens is 454 g/mol. The highest BCUT2D eigenvalue weighted by Crippen LogP contribution is 2.36. The molecule has 2 atom stereocenters. The molecule has 2 aliphatic heterocycles. The van der Waals surface area contributed by atoms with Crippen LogP contribution in [0.4, 0.5) is 5.13 Å². The molecule has 3 aromatic rings. The van der Waals surface area contributed by atoms with E-state index in [1.807, 2.05) is 56.3 Å². The fraction of sp³-hybridized carbons (Fsp3) is 0.440. The number of fused-ring (bicyclic) bond motifs is 2. The van der Waals surface area contributed by atoms with Crippen LogP contribution in [-0.2, 0) is 9.53 Å². The van der Waals surface area contributed by atoms with Crippen LogP contribution >= 0.6 is 11.3 Å². The molecular formula is C25H29N3O5S. The molecule has 0 N–H and O–H groups in total. The molecule has 0 spiro atoms. The topological polar surface area (TPSA) is 73.4 Å². The first-order valence-corrected chi connectivity index (χ1v) is 12.5. The molecule has 2 aliphatic rings. The molecule has 1 amide bonds. The van der Waals surface area contributed by atoms with Crippen molar-refractivity contribution in [3.05, 3.63) is 42.5 Å². The molecule has 8 nitrogen and oxygen atoms in total. The number of hydrogen-bond donors (Lipinski definition) is 0. The van der Waals surface area contributed by atoms with Crippen molar-refractivity contribution in [2.24, 2.45) is 0 Å². The van der Waals surface area contributed by atoms with Crippen molar-refractivity contribution >= 4 is 32.6 Å². The summed E-state index contributed by atoms with van der Waals surface area (Å²) in [5.41, 5.74) is 0.840. The van der Waals surface area contributed by atoms with Gasteiger partial charge in [0.1, 0.15) is 11.9 Å². The van der Waals surface area contributed by atoms with Gasteiger partial charge in [-0.1, -0.05) is 23.5 Å². The number of morpholine rings is 1. The molecule has 1 fully saturated rings. The monoisotopic (exact) mass is 483 g/mol. The molecule has 5 rings (SSSR count). The highest BCUT2D eigenvalue weighted by molar-refractivity contribution is 7.22.